The summed E-state index contributed by atoms with van der Waals surface area (Å²) in [6, 6.07) is 3.28. The van der Waals surface area contributed by atoms with Gasteiger partial charge in [0.1, 0.15) is 10.4 Å². The summed E-state index contributed by atoms with van der Waals surface area (Å²) in [6.45, 7) is 6.48. The molecule has 7 heteroatoms. The van der Waals surface area contributed by atoms with Gasteiger partial charge in [-0.25, -0.2) is 13.4 Å². The third-order valence-electron chi connectivity index (χ3n) is 4.42. The summed E-state index contributed by atoms with van der Waals surface area (Å²) in [5.74, 6) is 0.787. The van der Waals surface area contributed by atoms with E-state index in [1.54, 1.807) is 19.2 Å². The number of aromatic nitrogens is 1. The van der Waals surface area contributed by atoms with Crippen LogP contribution in [0.1, 0.15) is 39.5 Å². The van der Waals surface area contributed by atoms with Crippen molar-refractivity contribution >= 4 is 32.5 Å². The van der Waals surface area contributed by atoms with Crippen molar-refractivity contribution in [1.82, 2.24) is 4.98 Å². The van der Waals surface area contributed by atoms with Crippen LogP contribution in [0.25, 0.3) is 11.1 Å². The minimum atomic E-state index is -3.56. The van der Waals surface area contributed by atoms with Crippen molar-refractivity contribution in [3.05, 3.63) is 23.0 Å². The van der Waals surface area contributed by atoms with Crippen LogP contribution in [0.3, 0.4) is 0 Å². The minimum Gasteiger partial charge on any atom is -0.439 e. The third kappa shape index (κ3) is 2.95. The van der Waals surface area contributed by atoms with Crippen LogP contribution in [-0.4, -0.2) is 32.4 Å². The van der Waals surface area contributed by atoms with Crippen LogP contribution >= 0.6 is 11.6 Å². The number of nitrogens with zero attached hydrogens (tertiary/aromatic N) is 1. The number of fused-ring (bicyclic) bond motifs is 1. The first-order chi connectivity index (χ1) is 11.1. The first-order valence-corrected chi connectivity index (χ1v) is 9.89. The SMILES string of the molecule is COC[C@H]1C[C@H](S(=O)(=O)c2c(Cl)ccc3nc(C(C)(C)C)oc23)C1. The molecule has 5 nitrogen and oxygen atoms in total. The van der Waals surface area contributed by atoms with Crippen molar-refractivity contribution in [3.8, 4) is 0 Å². The largest absolute Gasteiger partial charge is 0.439 e. The molecule has 1 aromatic carbocycles. The van der Waals surface area contributed by atoms with Crippen molar-refractivity contribution in [2.24, 2.45) is 5.92 Å². The molecule has 1 fully saturated rings. The minimum absolute atomic E-state index is 0.0746. The lowest BCUT2D eigenvalue weighted by Gasteiger charge is -2.34. The Morgan fingerprint density at radius 1 is 1.33 bits per heavy atom. The molecule has 3 rings (SSSR count). The number of methoxy groups -OCH3 is 1. The van der Waals surface area contributed by atoms with Crippen LogP contribution in [0.4, 0.5) is 0 Å². The average Bonchev–Trinajstić information content (AvgIpc) is 2.85. The fourth-order valence-corrected chi connectivity index (χ4v) is 5.60. The summed E-state index contributed by atoms with van der Waals surface area (Å²) in [5, 5.41) is -0.252. The molecule has 0 radical (unpaired) electrons. The molecule has 0 amide bonds. The Balaban J connectivity index is 2.05. The van der Waals surface area contributed by atoms with Crippen LogP contribution in [0.5, 0.6) is 0 Å². The van der Waals surface area contributed by atoms with Crippen LogP contribution < -0.4 is 0 Å². The molecule has 1 aromatic heterocycles. The van der Waals surface area contributed by atoms with E-state index in [0.29, 0.717) is 30.9 Å². The third-order valence-corrected chi connectivity index (χ3v) is 7.09. The second kappa shape index (κ2) is 6.00. The molecule has 132 valence electrons. The second-order valence-electron chi connectivity index (χ2n) is 7.45. The van der Waals surface area contributed by atoms with Crippen molar-refractivity contribution < 1.29 is 17.6 Å². The van der Waals surface area contributed by atoms with Crippen molar-refractivity contribution in [2.75, 3.05) is 13.7 Å². The predicted octanol–water partition coefficient (Wildman–Crippen LogP) is 3.98. The van der Waals surface area contributed by atoms with Gasteiger partial charge in [-0.1, -0.05) is 32.4 Å². The zero-order chi connectivity index (χ0) is 17.7. The van der Waals surface area contributed by atoms with Crippen LogP contribution in [0.2, 0.25) is 5.02 Å². The Morgan fingerprint density at radius 3 is 2.58 bits per heavy atom. The predicted molar refractivity (Wildman–Crippen MR) is 93.3 cm³/mol. The highest BCUT2D eigenvalue weighted by Gasteiger charge is 2.42. The summed E-state index contributed by atoms with van der Waals surface area (Å²) in [5.41, 5.74) is 0.477. The van der Waals surface area contributed by atoms with Crippen molar-refractivity contribution in [3.63, 3.8) is 0 Å². The number of sulfone groups is 1. The number of benzene rings is 1. The maximum atomic E-state index is 13.0. The standard InChI is InChI=1S/C17H22ClNO4S/c1-17(2,3)16-19-13-6-5-12(18)15(14(13)23-16)24(20,21)11-7-10(8-11)9-22-4/h5-6,10-11H,7-9H2,1-4H3/t10-,11-. The van der Waals surface area contributed by atoms with E-state index >= 15 is 0 Å². The lowest BCUT2D eigenvalue weighted by atomic mass is 9.85. The molecular weight excluding hydrogens is 350 g/mol. The zero-order valence-electron chi connectivity index (χ0n) is 14.3. The summed E-state index contributed by atoms with van der Waals surface area (Å²) in [7, 11) is -1.94. The number of hydrogen-bond donors (Lipinski definition) is 0. The lowest BCUT2D eigenvalue weighted by Crippen LogP contribution is -2.38. The Hall–Kier alpha value is -1.11. The van der Waals surface area contributed by atoms with Crippen molar-refractivity contribution in [1.29, 1.82) is 0 Å². The summed E-state index contributed by atoms with van der Waals surface area (Å²) in [6.07, 6.45) is 1.17. The van der Waals surface area contributed by atoms with E-state index in [1.807, 2.05) is 20.8 Å². The van der Waals surface area contributed by atoms with E-state index in [9.17, 15) is 8.42 Å². The topological polar surface area (TPSA) is 69.4 Å². The normalized spacial score (nSPS) is 21.9. The highest BCUT2D eigenvalue weighted by molar-refractivity contribution is 7.92. The molecule has 0 bridgehead atoms. The Bertz CT molecular complexity index is 861. The zero-order valence-corrected chi connectivity index (χ0v) is 15.9. The first-order valence-electron chi connectivity index (χ1n) is 7.97. The smallest absolute Gasteiger partial charge is 0.200 e. The average molecular weight is 372 g/mol. The van der Waals surface area contributed by atoms with Gasteiger partial charge in [0.05, 0.1) is 10.3 Å². The Labute approximate surface area is 147 Å². The molecule has 24 heavy (non-hydrogen) atoms. The van der Waals surface area contributed by atoms with Crippen LogP contribution in [0, 0.1) is 5.92 Å². The number of oxazole rings is 1. The van der Waals surface area contributed by atoms with Crippen LogP contribution in [0.15, 0.2) is 21.4 Å². The summed E-state index contributed by atoms with van der Waals surface area (Å²) < 4.78 is 37.0. The molecular formula is C17H22ClNO4S. The molecule has 0 N–H and O–H groups in total. The molecule has 1 aliphatic rings. The number of rotatable bonds is 4. The van der Waals surface area contributed by atoms with E-state index in [-0.39, 0.29) is 26.8 Å². The Morgan fingerprint density at radius 2 is 2.00 bits per heavy atom. The van der Waals surface area contributed by atoms with Gasteiger partial charge in [-0.2, -0.15) is 0 Å². The van der Waals surface area contributed by atoms with Gasteiger partial charge in [-0.15, -0.1) is 0 Å². The van der Waals surface area contributed by atoms with E-state index in [0.717, 1.165) is 0 Å². The van der Waals surface area contributed by atoms with Gasteiger partial charge in [0, 0.05) is 19.1 Å². The summed E-state index contributed by atoms with van der Waals surface area (Å²) >= 11 is 6.24. The molecule has 0 aliphatic heterocycles. The van der Waals surface area contributed by atoms with E-state index in [1.165, 1.54) is 0 Å². The lowest BCUT2D eigenvalue weighted by molar-refractivity contribution is 0.113. The molecule has 1 heterocycles. The van der Waals surface area contributed by atoms with Crippen LogP contribution in [-0.2, 0) is 20.0 Å². The maximum absolute atomic E-state index is 13.0. The van der Waals surface area contributed by atoms with Gasteiger partial charge in [0.2, 0.25) is 5.89 Å². The molecule has 1 saturated carbocycles. The molecule has 0 spiro atoms. The van der Waals surface area contributed by atoms with Gasteiger partial charge in [-0.05, 0) is 30.9 Å². The highest BCUT2D eigenvalue weighted by atomic mass is 35.5. The van der Waals surface area contributed by atoms with Gasteiger partial charge < -0.3 is 9.15 Å². The van der Waals surface area contributed by atoms with E-state index in [2.05, 4.69) is 4.98 Å². The second-order valence-corrected chi connectivity index (χ2v) is 10.0. The fraction of sp³-hybridized carbons (Fsp3) is 0.588. The number of ether oxygens (including phenoxy) is 1. The monoisotopic (exact) mass is 371 g/mol. The maximum Gasteiger partial charge on any atom is 0.200 e. The first kappa shape index (κ1) is 17.7. The highest BCUT2D eigenvalue weighted by Crippen LogP contribution is 2.41. The molecule has 1 aliphatic carbocycles. The fourth-order valence-electron chi connectivity index (χ4n) is 3.00. The molecule has 0 saturated heterocycles. The van der Waals surface area contributed by atoms with Gasteiger partial charge in [0.15, 0.2) is 15.4 Å². The molecule has 0 unspecified atom stereocenters. The summed E-state index contributed by atoms with van der Waals surface area (Å²) in [4.78, 5) is 4.51. The van der Waals surface area contributed by atoms with E-state index < -0.39 is 15.1 Å². The van der Waals surface area contributed by atoms with E-state index in [4.69, 9.17) is 20.8 Å². The number of hydrogen-bond acceptors (Lipinski definition) is 5. The number of halogens is 1. The van der Waals surface area contributed by atoms with Gasteiger partial charge in [-0.3, -0.25) is 0 Å². The van der Waals surface area contributed by atoms with Crippen molar-refractivity contribution in [2.45, 2.75) is 49.2 Å². The Kier molecular flexibility index (Phi) is 4.43. The molecule has 2 aromatic rings. The van der Waals surface area contributed by atoms with Gasteiger partial charge >= 0.3 is 0 Å². The van der Waals surface area contributed by atoms with Gasteiger partial charge in [0.25, 0.3) is 0 Å². The quantitative estimate of drug-likeness (QED) is 0.813. The molecule has 0 atom stereocenters.